The molecular weight excluding hydrogens is 453 g/mol. The number of pyridine rings is 1. The van der Waals surface area contributed by atoms with Gasteiger partial charge in [-0.2, -0.15) is 0 Å². The van der Waals surface area contributed by atoms with E-state index < -0.39 is 94.7 Å². The number of hydrogen-bond acceptors (Lipinski definition) is 4. The minimum absolute atomic E-state index is 0.113. The molecule has 4 rings (SSSR count). The summed E-state index contributed by atoms with van der Waals surface area (Å²) in [6, 6.07) is -1.05. The lowest BCUT2D eigenvalue weighted by Crippen LogP contribution is -2.47. The lowest BCUT2D eigenvalue weighted by molar-refractivity contribution is -0.0271. The van der Waals surface area contributed by atoms with Crippen LogP contribution in [0.5, 0.6) is 5.75 Å². The molecule has 33 heavy (non-hydrogen) atoms. The topological polar surface area (TPSA) is 91.6 Å². The minimum Gasteiger partial charge on any atom is -0.503 e. The second-order valence-corrected chi connectivity index (χ2v) is 8.23. The Hall–Kier alpha value is -3.44. The maximum absolute atomic E-state index is 14.4. The molecule has 1 aromatic heterocycles. The third kappa shape index (κ3) is 3.93. The third-order valence-electron chi connectivity index (χ3n) is 5.91. The van der Waals surface area contributed by atoms with Gasteiger partial charge >= 0.3 is 0 Å². The normalized spacial score (nSPS) is 21.4. The SMILES string of the molecule is CC1CC(F)(F)CC2CN1C(=O)c1c(O)c(=O)c(C(=O)NCc3c(F)cc(F)cc3F)cn12. The van der Waals surface area contributed by atoms with E-state index in [1.54, 1.807) is 0 Å². The van der Waals surface area contributed by atoms with Crippen LogP contribution in [0.1, 0.15) is 52.2 Å². The quantitative estimate of drug-likeness (QED) is 0.674. The predicted octanol–water partition coefficient (Wildman–Crippen LogP) is 2.72. The molecular formula is C21H18F5N3O4. The highest BCUT2D eigenvalue weighted by molar-refractivity contribution is 5.99. The van der Waals surface area contributed by atoms with Crippen molar-refractivity contribution in [1.29, 1.82) is 0 Å². The molecule has 1 fully saturated rings. The number of nitrogens with one attached hydrogen (secondary N) is 1. The number of benzene rings is 1. The van der Waals surface area contributed by atoms with Crippen molar-refractivity contribution in [1.82, 2.24) is 14.8 Å². The van der Waals surface area contributed by atoms with E-state index >= 15 is 0 Å². The monoisotopic (exact) mass is 471 g/mol. The smallest absolute Gasteiger partial charge is 0.274 e. The van der Waals surface area contributed by atoms with Crippen LogP contribution in [0.25, 0.3) is 0 Å². The number of amides is 2. The van der Waals surface area contributed by atoms with Crippen LogP contribution in [0, 0.1) is 17.5 Å². The van der Waals surface area contributed by atoms with Crippen molar-refractivity contribution in [2.45, 2.75) is 44.3 Å². The van der Waals surface area contributed by atoms with Crippen LogP contribution in [0.4, 0.5) is 22.0 Å². The number of fused-ring (bicyclic) bond motifs is 4. The first-order valence-corrected chi connectivity index (χ1v) is 9.98. The van der Waals surface area contributed by atoms with Gasteiger partial charge in [0.2, 0.25) is 5.43 Å². The molecule has 2 aliphatic heterocycles. The van der Waals surface area contributed by atoms with Gasteiger partial charge in [-0.05, 0) is 6.92 Å². The molecule has 1 aromatic carbocycles. The summed E-state index contributed by atoms with van der Waals surface area (Å²) in [7, 11) is 0. The summed E-state index contributed by atoms with van der Waals surface area (Å²) in [6.07, 6.45) is -0.406. The molecule has 0 saturated carbocycles. The number of halogens is 5. The Kier molecular flexibility index (Phi) is 5.41. The summed E-state index contributed by atoms with van der Waals surface area (Å²) in [5, 5.41) is 12.5. The van der Waals surface area contributed by atoms with E-state index in [2.05, 4.69) is 5.32 Å². The van der Waals surface area contributed by atoms with Crippen molar-refractivity contribution in [3.63, 3.8) is 0 Å². The van der Waals surface area contributed by atoms with E-state index in [1.807, 2.05) is 0 Å². The second-order valence-electron chi connectivity index (χ2n) is 8.23. The molecule has 3 heterocycles. The van der Waals surface area contributed by atoms with Gasteiger partial charge in [-0.25, -0.2) is 22.0 Å². The Morgan fingerprint density at radius 1 is 1.18 bits per heavy atom. The lowest BCUT2D eigenvalue weighted by atomic mass is 10.0. The van der Waals surface area contributed by atoms with Gasteiger partial charge in [0.25, 0.3) is 17.7 Å². The van der Waals surface area contributed by atoms with Gasteiger partial charge < -0.3 is 19.9 Å². The van der Waals surface area contributed by atoms with Gasteiger partial charge in [0.05, 0.1) is 6.04 Å². The van der Waals surface area contributed by atoms with E-state index in [0.717, 1.165) is 15.7 Å². The van der Waals surface area contributed by atoms with Gasteiger partial charge in [-0.1, -0.05) is 0 Å². The summed E-state index contributed by atoms with van der Waals surface area (Å²) >= 11 is 0. The van der Waals surface area contributed by atoms with E-state index in [9.17, 15) is 41.4 Å². The van der Waals surface area contributed by atoms with Gasteiger partial charge in [0, 0.05) is 55.9 Å². The highest BCUT2D eigenvalue weighted by Gasteiger charge is 2.47. The zero-order valence-corrected chi connectivity index (χ0v) is 17.2. The van der Waals surface area contributed by atoms with Crippen molar-refractivity contribution in [3.05, 3.63) is 62.8 Å². The Balaban J connectivity index is 1.71. The summed E-state index contributed by atoms with van der Waals surface area (Å²) in [5.74, 6) is -9.91. The molecule has 2 atom stereocenters. The van der Waals surface area contributed by atoms with Crippen LogP contribution < -0.4 is 10.7 Å². The Morgan fingerprint density at radius 2 is 1.82 bits per heavy atom. The van der Waals surface area contributed by atoms with E-state index in [0.29, 0.717) is 12.1 Å². The van der Waals surface area contributed by atoms with Crippen LogP contribution in [-0.2, 0) is 6.54 Å². The fraction of sp³-hybridized carbons (Fsp3) is 0.381. The molecule has 0 radical (unpaired) electrons. The van der Waals surface area contributed by atoms with Crippen LogP contribution in [0.2, 0.25) is 0 Å². The van der Waals surface area contributed by atoms with Crippen LogP contribution >= 0.6 is 0 Å². The zero-order valence-electron chi connectivity index (χ0n) is 17.2. The number of hydrogen-bond donors (Lipinski definition) is 2. The molecule has 7 nitrogen and oxygen atoms in total. The molecule has 1 saturated heterocycles. The summed E-state index contributed by atoms with van der Waals surface area (Å²) in [5.41, 5.74) is -3.13. The van der Waals surface area contributed by atoms with Gasteiger partial charge in [0.15, 0.2) is 11.4 Å². The number of nitrogens with zero attached hydrogens (tertiary/aromatic N) is 2. The highest BCUT2D eigenvalue weighted by atomic mass is 19.3. The molecule has 2 N–H and O–H groups in total. The van der Waals surface area contributed by atoms with Crippen molar-refractivity contribution in [3.8, 4) is 5.75 Å². The van der Waals surface area contributed by atoms with Crippen molar-refractivity contribution >= 4 is 11.8 Å². The van der Waals surface area contributed by atoms with Crippen molar-refractivity contribution in [2.24, 2.45) is 0 Å². The first-order chi connectivity index (χ1) is 15.4. The zero-order chi connectivity index (χ0) is 24.2. The van der Waals surface area contributed by atoms with Crippen LogP contribution in [0.3, 0.4) is 0 Å². The molecule has 2 aliphatic rings. The van der Waals surface area contributed by atoms with E-state index in [4.69, 9.17) is 0 Å². The molecule has 0 aliphatic carbocycles. The molecule has 2 bridgehead atoms. The Labute approximate surface area is 183 Å². The number of carbonyl (C=O) groups is 2. The number of aromatic hydroxyl groups is 1. The molecule has 2 amide bonds. The summed E-state index contributed by atoms with van der Waals surface area (Å²) in [4.78, 5) is 39.1. The Morgan fingerprint density at radius 3 is 2.45 bits per heavy atom. The number of aromatic nitrogens is 1. The largest absolute Gasteiger partial charge is 0.503 e. The summed E-state index contributed by atoms with van der Waals surface area (Å²) < 4.78 is 70.4. The van der Waals surface area contributed by atoms with Gasteiger partial charge in [-0.15, -0.1) is 0 Å². The van der Waals surface area contributed by atoms with Crippen molar-refractivity contribution in [2.75, 3.05) is 6.54 Å². The molecule has 2 aromatic rings. The predicted molar refractivity (Wildman–Crippen MR) is 104 cm³/mol. The third-order valence-corrected chi connectivity index (χ3v) is 5.91. The molecule has 2 unspecified atom stereocenters. The Bertz CT molecular complexity index is 1210. The first-order valence-electron chi connectivity index (χ1n) is 9.98. The number of carbonyl (C=O) groups excluding carboxylic acids is 2. The fourth-order valence-corrected chi connectivity index (χ4v) is 4.33. The van der Waals surface area contributed by atoms with Crippen LogP contribution in [0.15, 0.2) is 23.1 Å². The van der Waals surface area contributed by atoms with Gasteiger partial charge in [0.1, 0.15) is 23.0 Å². The molecule has 12 heteroatoms. The maximum Gasteiger partial charge on any atom is 0.274 e. The minimum atomic E-state index is -3.14. The second kappa shape index (κ2) is 7.85. The lowest BCUT2D eigenvalue weighted by Gasteiger charge is -2.36. The van der Waals surface area contributed by atoms with Crippen LogP contribution in [-0.4, -0.2) is 44.9 Å². The average Bonchev–Trinajstić information content (AvgIpc) is 2.80. The van der Waals surface area contributed by atoms with E-state index in [1.165, 1.54) is 6.92 Å². The number of rotatable bonds is 3. The standard InChI is InChI=1S/C21H18F5N3O4/c1-9-4-21(25,26)5-11-7-28(9)20(33)16-18(31)17(30)13(8-29(11)16)19(32)27-6-12-14(23)2-10(22)3-15(12)24/h2-3,8-9,11,31H,4-7H2,1H3,(H,27,32). The van der Waals surface area contributed by atoms with E-state index in [-0.39, 0.29) is 6.54 Å². The summed E-state index contributed by atoms with van der Waals surface area (Å²) in [6.45, 7) is 0.566. The van der Waals surface area contributed by atoms with Gasteiger partial charge in [-0.3, -0.25) is 14.4 Å². The maximum atomic E-state index is 14.4. The number of alkyl halides is 2. The highest BCUT2D eigenvalue weighted by Crippen LogP contribution is 2.40. The molecule has 0 spiro atoms. The fourth-order valence-electron chi connectivity index (χ4n) is 4.33. The average molecular weight is 471 g/mol. The first kappa shape index (κ1) is 22.7. The molecule has 176 valence electrons. The van der Waals surface area contributed by atoms with Crippen molar-refractivity contribution < 1.29 is 36.6 Å².